The fourth-order valence-electron chi connectivity index (χ4n) is 5.77. The van der Waals surface area contributed by atoms with Crippen LogP contribution in [0.25, 0.3) is 0 Å². The van der Waals surface area contributed by atoms with Crippen molar-refractivity contribution in [2.45, 2.75) is 206 Å². The van der Waals surface area contributed by atoms with Gasteiger partial charge >= 0.3 is 0 Å². The number of aliphatic hydroxyl groups excluding tert-OH is 2. The van der Waals surface area contributed by atoms with Crippen LogP contribution >= 0.6 is 0 Å². The summed E-state index contributed by atoms with van der Waals surface area (Å²) in [7, 11) is 0. The maximum absolute atomic E-state index is 12.3. The van der Waals surface area contributed by atoms with E-state index in [2.05, 4.69) is 67.8 Å². The number of amides is 1. The molecule has 0 aliphatic rings. The molecular formula is C44H79NO3. The lowest BCUT2D eigenvalue weighted by Crippen LogP contribution is -2.45. The van der Waals surface area contributed by atoms with Crippen LogP contribution in [0.1, 0.15) is 194 Å². The molecule has 0 rings (SSSR count). The molecule has 0 spiro atoms. The minimum Gasteiger partial charge on any atom is -0.394 e. The van der Waals surface area contributed by atoms with Crippen molar-refractivity contribution in [2.75, 3.05) is 6.61 Å². The zero-order valence-corrected chi connectivity index (χ0v) is 31.7. The Morgan fingerprint density at radius 1 is 0.500 bits per heavy atom. The van der Waals surface area contributed by atoms with Crippen LogP contribution in [0.15, 0.2) is 60.8 Å². The van der Waals surface area contributed by atoms with Crippen LogP contribution in [-0.2, 0) is 4.79 Å². The molecule has 0 fully saturated rings. The molecule has 0 aliphatic heterocycles. The van der Waals surface area contributed by atoms with Crippen LogP contribution in [0.2, 0.25) is 0 Å². The molecule has 0 radical (unpaired) electrons. The van der Waals surface area contributed by atoms with Gasteiger partial charge in [0, 0.05) is 6.42 Å². The Kier molecular flexibility index (Phi) is 38.0. The van der Waals surface area contributed by atoms with Crippen LogP contribution in [-0.4, -0.2) is 34.9 Å². The maximum Gasteiger partial charge on any atom is 0.220 e. The van der Waals surface area contributed by atoms with Crippen molar-refractivity contribution < 1.29 is 15.0 Å². The summed E-state index contributed by atoms with van der Waals surface area (Å²) in [5.74, 6) is -0.0941. The van der Waals surface area contributed by atoms with Gasteiger partial charge in [0.25, 0.3) is 0 Å². The number of rotatable bonds is 36. The highest BCUT2D eigenvalue weighted by Crippen LogP contribution is 2.12. The van der Waals surface area contributed by atoms with E-state index in [0.717, 1.165) is 57.8 Å². The first-order valence-electron chi connectivity index (χ1n) is 20.5. The summed E-state index contributed by atoms with van der Waals surface area (Å²) in [6.45, 7) is 4.26. The Balaban J connectivity index is 3.72. The van der Waals surface area contributed by atoms with Gasteiger partial charge in [-0.25, -0.2) is 0 Å². The Morgan fingerprint density at radius 3 is 1.35 bits per heavy atom. The van der Waals surface area contributed by atoms with Crippen LogP contribution in [0.4, 0.5) is 0 Å². The van der Waals surface area contributed by atoms with Gasteiger partial charge in [0.2, 0.25) is 5.91 Å². The Hall–Kier alpha value is -1.91. The van der Waals surface area contributed by atoms with Crippen molar-refractivity contribution in [3.05, 3.63) is 60.8 Å². The van der Waals surface area contributed by atoms with Gasteiger partial charge in [-0.05, 0) is 77.0 Å². The van der Waals surface area contributed by atoms with Crippen molar-refractivity contribution in [1.29, 1.82) is 0 Å². The lowest BCUT2D eigenvalue weighted by Gasteiger charge is -2.19. The topological polar surface area (TPSA) is 69.6 Å². The Morgan fingerprint density at radius 2 is 0.875 bits per heavy atom. The monoisotopic (exact) mass is 670 g/mol. The first kappa shape index (κ1) is 46.1. The van der Waals surface area contributed by atoms with Gasteiger partial charge in [-0.3, -0.25) is 4.79 Å². The molecule has 3 N–H and O–H groups in total. The second kappa shape index (κ2) is 39.5. The standard InChI is InChI=1S/C44H79NO3/c1-3-5-7-9-11-13-15-17-19-21-22-23-24-25-27-29-31-33-35-37-39-43(47)42(41-46)45-44(48)40-38-36-34-32-30-28-26-20-18-16-14-12-10-8-6-4-2/h14,16,20,23-24,26,29,31,37,39,42-43,46-47H,3-13,15,17-19,21-22,25,27-28,30,32-36,38,40-41H2,1-2H3,(H,45,48)/b16-14-,24-23+,26-20-,31-29+,39-37+. The average molecular weight is 670 g/mol. The summed E-state index contributed by atoms with van der Waals surface area (Å²) in [5.41, 5.74) is 0. The van der Waals surface area contributed by atoms with Gasteiger partial charge < -0.3 is 15.5 Å². The summed E-state index contributed by atoms with van der Waals surface area (Å²) < 4.78 is 0. The number of carbonyl (C=O) groups is 1. The second-order valence-electron chi connectivity index (χ2n) is 13.7. The molecule has 0 aromatic rings. The van der Waals surface area contributed by atoms with E-state index in [-0.39, 0.29) is 12.5 Å². The zero-order valence-electron chi connectivity index (χ0n) is 31.7. The molecule has 0 saturated carbocycles. The SMILES string of the molecule is CCCCCC/C=C\C/C=C\CCCCCCCC(=O)NC(CO)C(O)/C=C/CC/C=C/CC/C=C/CCCCCCCCCCCC. The molecule has 0 aliphatic carbocycles. The van der Waals surface area contributed by atoms with Crippen molar-refractivity contribution in [3.8, 4) is 0 Å². The maximum atomic E-state index is 12.3. The normalized spacial score (nSPS) is 13.7. The lowest BCUT2D eigenvalue weighted by atomic mass is 10.1. The molecule has 0 saturated heterocycles. The van der Waals surface area contributed by atoms with E-state index in [0.29, 0.717) is 6.42 Å². The highest BCUT2D eigenvalue weighted by molar-refractivity contribution is 5.76. The number of hydrogen-bond acceptors (Lipinski definition) is 3. The van der Waals surface area contributed by atoms with Crippen LogP contribution in [0.3, 0.4) is 0 Å². The van der Waals surface area contributed by atoms with Gasteiger partial charge in [-0.15, -0.1) is 0 Å². The molecule has 0 heterocycles. The third kappa shape index (κ3) is 35.4. The Labute approximate surface area is 298 Å². The highest BCUT2D eigenvalue weighted by Gasteiger charge is 2.17. The molecule has 4 heteroatoms. The first-order chi connectivity index (χ1) is 23.7. The third-order valence-corrected chi connectivity index (χ3v) is 8.95. The number of aliphatic hydroxyl groups is 2. The summed E-state index contributed by atoms with van der Waals surface area (Å²) in [6.07, 6.45) is 54.6. The minimum atomic E-state index is -0.877. The van der Waals surface area contributed by atoms with Crippen molar-refractivity contribution in [2.24, 2.45) is 0 Å². The fraction of sp³-hybridized carbons (Fsp3) is 0.750. The smallest absolute Gasteiger partial charge is 0.220 e. The predicted molar refractivity (Wildman–Crippen MR) is 211 cm³/mol. The quantitative estimate of drug-likeness (QED) is 0.0459. The Bertz CT molecular complexity index is 812. The fourth-order valence-corrected chi connectivity index (χ4v) is 5.77. The molecular weight excluding hydrogens is 590 g/mol. The summed E-state index contributed by atoms with van der Waals surface area (Å²) in [5, 5.41) is 22.9. The molecule has 1 amide bonds. The lowest BCUT2D eigenvalue weighted by molar-refractivity contribution is -0.123. The van der Waals surface area contributed by atoms with Gasteiger partial charge in [0.1, 0.15) is 0 Å². The van der Waals surface area contributed by atoms with E-state index in [1.54, 1.807) is 6.08 Å². The van der Waals surface area contributed by atoms with Crippen LogP contribution in [0.5, 0.6) is 0 Å². The van der Waals surface area contributed by atoms with Gasteiger partial charge in [0.15, 0.2) is 0 Å². The average Bonchev–Trinajstić information content (AvgIpc) is 3.09. The van der Waals surface area contributed by atoms with E-state index >= 15 is 0 Å². The number of carbonyl (C=O) groups excluding carboxylic acids is 1. The van der Waals surface area contributed by atoms with Gasteiger partial charge in [0.05, 0.1) is 18.8 Å². The summed E-state index contributed by atoms with van der Waals surface area (Å²) in [6, 6.07) is -0.654. The second-order valence-corrected chi connectivity index (χ2v) is 13.7. The first-order valence-corrected chi connectivity index (χ1v) is 20.5. The molecule has 278 valence electrons. The van der Waals surface area contributed by atoms with E-state index in [1.165, 1.54) is 116 Å². The minimum absolute atomic E-state index is 0.0941. The van der Waals surface area contributed by atoms with Gasteiger partial charge in [-0.1, -0.05) is 171 Å². The van der Waals surface area contributed by atoms with E-state index in [4.69, 9.17) is 0 Å². The number of hydrogen-bond donors (Lipinski definition) is 3. The van der Waals surface area contributed by atoms with E-state index in [1.807, 2.05) is 6.08 Å². The van der Waals surface area contributed by atoms with Crippen molar-refractivity contribution >= 4 is 5.91 Å². The summed E-state index contributed by atoms with van der Waals surface area (Å²) >= 11 is 0. The molecule has 2 atom stereocenters. The van der Waals surface area contributed by atoms with E-state index < -0.39 is 12.1 Å². The van der Waals surface area contributed by atoms with Crippen LogP contribution < -0.4 is 5.32 Å². The molecule has 48 heavy (non-hydrogen) atoms. The number of unbranched alkanes of at least 4 members (excludes halogenated alkanes) is 21. The predicted octanol–water partition coefficient (Wildman–Crippen LogP) is 12.6. The van der Waals surface area contributed by atoms with E-state index in [9.17, 15) is 15.0 Å². The molecule has 0 aromatic carbocycles. The number of allylic oxidation sites excluding steroid dienone is 9. The van der Waals surface area contributed by atoms with Gasteiger partial charge in [-0.2, -0.15) is 0 Å². The summed E-state index contributed by atoms with van der Waals surface area (Å²) in [4.78, 5) is 12.3. The highest BCUT2D eigenvalue weighted by atomic mass is 16.3. The molecule has 4 nitrogen and oxygen atoms in total. The molecule has 0 bridgehead atoms. The zero-order chi connectivity index (χ0) is 35.0. The molecule has 0 aromatic heterocycles. The molecule has 2 unspecified atom stereocenters. The van der Waals surface area contributed by atoms with Crippen molar-refractivity contribution in [1.82, 2.24) is 5.32 Å². The van der Waals surface area contributed by atoms with Crippen LogP contribution in [0, 0.1) is 0 Å². The largest absolute Gasteiger partial charge is 0.394 e. The number of nitrogens with one attached hydrogen (secondary N) is 1. The van der Waals surface area contributed by atoms with Crippen molar-refractivity contribution in [3.63, 3.8) is 0 Å². The third-order valence-electron chi connectivity index (χ3n) is 8.95.